The van der Waals surface area contributed by atoms with Crippen LogP contribution in [-0.4, -0.2) is 25.0 Å². The molecule has 0 spiro atoms. The van der Waals surface area contributed by atoms with E-state index in [1.54, 1.807) is 42.5 Å². The fourth-order valence-electron chi connectivity index (χ4n) is 2.67. The minimum absolute atomic E-state index is 0.113. The second kappa shape index (κ2) is 6.59. The quantitative estimate of drug-likeness (QED) is 0.728. The highest BCUT2D eigenvalue weighted by Crippen LogP contribution is 2.43. The molecule has 0 N–H and O–H groups in total. The Morgan fingerprint density at radius 1 is 1.19 bits per heavy atom. The van der Waals surface area contributed by atoms with Crippen molar-refractivity contribution in [2.45, 2.75) is 0 Å². The van der Waals surface area contributed by atoms with Gasteiger partial charge in [-0.2, -0.15) is 0 Å². The van der Waals surface area contributed by atoms with Crippen molar-refractivity contribution in [2.24, 2.45) is 0 Å². The summed E-state index contributed by atoms with van der Waals surface area (Å²) in [6, 6.07) is 9.99. The van der Waals surface area contributed by atoms with Gasteiger partial charge in [0.2, 0.25) is 12.5 Å². The summed E-state index contributed by atoms with van der Waals surface area (Å²) in [6.07, 6.45) is 1.63. The first-order valence-corrected chi connectivity index (χ1v) is 8.77. The molecule has 2 heterocycles. The van der Waals surface area contributed by atoms with Gasteiger partial charge in [-0.3, -0.25) is 9.59 Å². The van der Waals surface area contributed by atoms with E-state index in [0.717, 1.165) is 16.7 Å². The molecule has 4 rings (SSSR count). The van der Waals surface area contributed by atoms with Crippen LogP contribution in [0.3, 0.4) is 0 Å². The maximum atomic E-state index is 12.7. The predicted octanol–water partition coefficient (Wildman–Crippen LogP) is 4.32. The second-order valence-electron chi connectivity index (χ2n) is 5.45. The van der Waals surface area contributed by atoms with Crippen LogP contribution < -0.4 is 19.1 Å². The van der Waals surface area contributed by atoms with Gasteiger partial charge < -0.3 is 14.2 Å². The number of hydrogen-bond donors (Lipinski definition) is 0. The molecule has 0 atom stereocenters. The van der Waals surface area contributed by atoms with Crippen molar-refractivity contribution in [1.82, 2.24) is 0 Å². The zero-order valence-corrected chi connectivity index (χ0v) is 15.1. The van der Waals surface area contributed by atoms with Crippen LogP contribution >= 0.6 is 23.4 Å². The molecule has 2 aliphatic rings. The average Bonchev–Trinajstić information content (AvgIpc) is 3.20. The number of carbonyl (C=O) groups excluding carboxylic acids is 2. The maximum absolute atomic E-state index is 12.7. The molecule has 6 nitrogen and oxygen atoms in total. The molecule has 0 saturated carbocycles. The number of rotatable bonds is 3. The summed E-state index contributed by atoms with van der Waals surface area (Å²) in [5.41, 5.74) is 1.15. The third-order valence-corrected chi connectivity index (χ3v) is 4.98. The molecule has 26 heavy (non-hydrogen) atoms. The van der Waals surface area contributed by atoms with Gasteiger partial charge in [0.15, 0.2) is 11.5 Å². The van der Waals surface area contributed by atoms with Crippen molar-refractivity contribution in [3.63, 3.8) is 0 Å². The molecule has 0 unspecified atom stereocenters. The zero-order chi connectivity index (χ0) is 18.3. The van der Waals surface area contributed by atoms with Gasteiger partial charge in [0.1, 0.15) is 0 Å². The Balaban J connectivity index is 1.68. The van der Waals surface area contributed by atoms with Gasteiger partial charge in [-0.15, -0.1) is 0 Å². The lowest BCUT2D eigenvalue weighted by Crippen LogP contribution is -2.27. The number of thioether (sulfide) groups is 1. The van der Waals surface area contributed by atoms with Gasteiger partial charge in [0, 0.05) is 5.02 Å². The highest BCUT2D eigenvalue weighted by Gasteiger charge is 2.36. The summed E-state index contributed by atoms with van der Waals surface area (Å²) in [5.74, 6) is 1.17. The third-order valence-electron chi connectivity index (χ3n) is 3.86. The Labute approximate surface area is 158 Å². The van der Waals surface area contributed by atoms with Crippen molar-refractivity contribution in [3.05, 3.63) is 51.9 Å². The van der Waals surface area contributed by atoms with Crippen LogP contribution in [0.25, 0.3) is 6.08 Å². The monoisotopic (exact) mass is 389 g/mol. The average molecular weight is 390 g/mol. The number of fused-ring (bicyclic) bond motifs is 1. The molecule has 2 amide bonds. The summed E-state index contributed by atoms with van der Waals surface area (Å²) < 4.78 is 16.0. The van der Waals surface area contributed by atoms with Gasteiger partial charge in [-0.1, -0.05) is 11.6 Å². The molecule has 0 aromatic heterocycles. The Hall–Kier alpha value is -2.64. The van der Waals surface area contributed by atoms with E-state index in [9.17, 15) is 9.59 Å². The molecule has 2 aromatic carbocycles. The van der Waals surface area contributed by atoms with Crippen LogP contribution in [0.2, 0.25) is 5.02 Å². The van der Waals surface area contributed by atoms with Crippen molar-refractivity contribution >= 4 is 46.3 Å². The van der Waals surface area contributed by atoms with Gasteiger partial charge >= 0.3 is 0 Å². The number of imide groups is 1. The summed E-state index contributed by atoms with van der Waals surface area (Å²) >= 11 is 6.74. The number of benzene rings is 2. The number of nitrogens with zero attached hydrogens (tertiary/aromatic N) is 1. The number of carbonyl (C=O) groups is 2. The third kappa shape index (κ3) is 2.89. The number of anilines is 1. The Morgan fingerprint density at radius 2 is 1.96 bits per heavy atom. The van der Waals surface area contributed by atoms with Crippen molar-refractivity contribution in [1.29, 1.82) is 0 Å². The van der Waals surface area contributed by atoms with Crippen molar-refractivity contribution in [3.8, 4) is 17.2 Å². The Morgan fingerprint density at radius 3 is 2.69 bits per heavy atom. The Kier molecular flexibility index (Phi) is 4.26. The van der Waals surface area contributed by atoms with E-state index in [4.69, 9.17) is 25.8 Å². The van der Waals surface area contributed by atoms with E-state index < -0.39 is 0 Å². The van der Waals surface area contributed by atoms with E-state index in [1.165, 1.54) is 7.11 Å². The largest absolute Gasteiger partial charge is 0.493 e. The molecule has 8 heteroatoms. The van der Waals surface area contributed by atoms with Crippen LogP contribution in [0, 0.1) is 0 Å². The molecule has 132 valence electrons. The summed E-state index contributed by atoms with van der Waals surface area (Å²) in [6.45, 7) is 0.113. The van der Waals surface area contributed by atoms with Crippen LogP contribution in [-0.2, 0) is 4.79 Å². The first-order valence-electron chi connectivity index (χ1n) is 7.58. The summed E-state index contributed by atoms with van der Waals surface area (Å²) in [5, 5.41) is 0.167. The second-order valence-corrected chi connectivity index (χ2v) is 6.88. The lowest BCUT2D eigenvalue weighted by Gasteiger charge is -2.12. The number of hydrogen-bond acceptors (Lipinski definition) is 6. The van der Waals surface area contributed by atoms with Crippen LogP contribution in [0.1, 0.15) is 5.56 Å². The van der Waals surface area contributed by atoms with Crippen LogP contribution in [0.4, 0.5) is 10.5 Å². The topological polar surface area (TPSA) is 65.1 Å². The molecular formula is C18H12ClNO5S. The van der Waals surface area contributed by atoms with Crippen molar-refractivity contribution < 1.29 is 23.8 Å². The van der Waals surface area contributed by atoms with E-state index in [-0.39, 0.29) is 17.9 Å². The minimum atomic E-state index is -0.390. The smallest absolute Gasteiger partial charge is 0.298 e. The SMILES string of the molecule is COc1cc(/C=C2/SC(=O)N(c3ccc(Cl)cc3)C2=O)cc2c1OCO2. The van der Waals surface area contributed by atoms with Gasteiger partial charge in [-0.25, -0.2) is 4.90 Å². The first-order chi connectivity index (χ1) is 12.6. The van der Waals surface area contributed by atoms with E-state index in [2.05, 4.69) is 0 Å². The predicted molar refractivity (Wildman–Crippen MR) is 99.0 cm³/mol. The normalized spacial score (nSPS) is 17.3. The van der Waals surface area contributed by atoms with Gasteiger partial charge in [0.25, 0.3) is 11.1 Å². The fraction of sp³-hybridized carbons (Fsp3) is 0.111. The zero-order valence-electron chi connectivity index (χ0n) is 13.5. The standard InChI is InChI=1S/C18H12ClNO5S/c1-23-13-6-10(7-14-16(13)25-9-24-14)8-15-17(21)20(18(22)26-15)12-4-2-11(19)3-5-12/h2-8H,9H2,1H3/b15-8+. The number of halogens is 1. The molecule has 0 bridgehead atoms. The van der Waals surface area contributed by atoms with Crippen molar-refractivity contribution in [2.75, 3.05) is 18.8 Å². The molecular weight excluding hydrogens is 378 g/mol. The number of methoxy groups -OCH3 is 1. The van der Waals surface area contributed by atoms with Crippen LogP contribution in [0.15, 0.2) is 41.3 Å². The minimum Gasteiger partial charge on any atom is -0.493 e. The number of ether oxygens (including phenoxy) is 3. The van der Waals surface area contributed by atoms with Crippen LogP contribution in [0.5, 0.6) is 17.2 Å². The van der Waals surface area contributed by atoms with E-state index in [0.29, 0.717) is 38.4 Å². The molecule has 1 saturated heterocycles. The van der Waals surface area contributed by atoms with Gasteiger partial charge in [-0.05, 0) is 59.8 Å². The molecule has 2 aliphatic heterocycles. The summed E-state index contributed by atoms with van der Waals surface area (Å²) in [7, 11) is 1.52. The first kappa shape index (κ1) is 16.8. The number of amides is 2. The highest BCUT2D eigenvalue weighted by atomic mass is 35.5. The molecule has 0 aliphatic carbocycles. The fourth-order valence-corrected chi connectivity index (χ4v) is 3.63. The van der Waals surface area contributed by atoms with E-state index in [1.807, 2.05) is 0 Å². The Bertz CT molecular complexity index is 941. The lowest BCUT2D eigenvalue weighted by molar-refractivity contribution is -0.113. The van der Waals surface area contributed by atoms with Gasteiger partial charge in [0.05, 0.1) is 17.7 Å². The summed E-state index contributed by atoms with van der Waals surface area (Å²) in [4.78, 5) is 26.4. The molecule has 0 radical (unpaired) electrons. The highest BCUT2D eigenvalue weighted by molar-refractivity contribution is 8.19. The molecule has 1 fully saturated rings. The molecule has 2 aromatic rings. The maximum Gasteiger partial charge on any atom is 0.298 e. The van der Waals surface area contributed by atoms with E-state index >= 15 is 0 Å². The lowest BCUT2D eigenvalue weighted by atomic mass is 10.1.